The van der Waals surface area contributed by atoms with Crippen LogP contribution in [-0.2, 0) is 25.5 Å². The summed E-state index contributed by atoms with van der Waals surface area (Å²) < 4.78 is 13.2. The predicted molar refractivity (Wildman–Crippen MR) is 125 cm³/mol. The molecule has 176 valence electrons. The lowest BCUT2D eigenvalue weighted by atomic mass is 9.46. The fraction of sp³-hybridized carbons (Fsp3) is 0.655. The van der Waals surface area contributed by atoms with Crippen LogP contribution in [-0.4, -0.2) is 29.6 Å². The molecule has 1 aliphatic heterocycles. The van der Waals surface area contributed by atoms with E-state index >= 15 is 0 Å². The zero-order valence-electron chi connectivity index (χ0n) is 20.1. The third kappa shape index (κ3) is 2.89. The molecule has 1 saturated heterocycles. The van der Waals surface area contributed by atoms with Crippen LogP contribution in [0.5, 0.6) is 0 Å². The number of ketones is 2. The molecular weight excluding hydrogens is 412 g/mol. The number of carbonyl (C=O) groups is 2. The van der Waals surface area contributed by atoms with E-state index in [0.717, 1.165) is 38.5 Å². The van der Waals surface area contributed by atoms with Gasteiger partial charge < -0.3 is 9.47 Å². The van der Waals surface area contributed by atoms with Gasteiger partial charge in [0, 0.05) is 18.3 Å². The van der Waals surface area contributed by atoms with Crippen LogP contribution in [0.25, 0.3) is 0 Å². The first-order valence-electron chi connectivity index (χ1n) is 12.9. The average molecular weight is 449 g/mol. The molecule has 8 unspecified atom stereocenters. The Morgan fingerprint density at radius 1 is 1.06 bits per heavy atom. The first-order chi connectivity index (χ1) is 15.8. The lowest BCUT2D eigenvalue weighted by molar-refractivity contribution is -0.182. The monoisotopic (exact) mass is 448 g/mol. The summed E-state index contributed by atoms with van der Waals surface area (Å²) in [6.07, 6.45) is 8.94. The van der Waals surface area contributed by atoms with Gasteiger partial charge in [-0.05, 0) is 80.3 Å². The Bertz CT molecular complexity index is 1010. The largest absolute Gasteiger partial charge is 0.346 e. The molecule has 1 aromatic rings. The zero-order valence-corrected chi connectivity index (χ0v) is 20.1. The van der Waals surface area contributed by atoms with E-state index in [2.05, 4.69) is 26.0 Å². The average Bonchev–Trinajstić information content (AvgIpc) is 3.27. The van der Waals surface area contributed by atoms with Crippen molar-refractivity contribution in [3.63, 3.8) is 0 Å². The normalized spacial score (nSPS) is 46.1. The summed E-state index contributed by atoms with van der Waals surface area (Å²) in [5.74, 6) is 2.03. The summed E-state index contributed by atoms with van der Waals surface area (Å²) in [7, 11) is 0. The molecule has 3 saturated carbocycles. The summed E-state index contributed by atoms with van der Waals surface area (Å²) in [6, 6.07) is 10.3. The van der Waals surface area contributed by atoms with Crippen molar-refractivity contribution < 1.29 is 19.1 Å². The molecule has 33 heavy (non-hydrogen) atoms. The van der Waals surface area contributed by atoms with Crippen LogP contribution in [0.3, 0.4) is 0 Å². The molecule has 0 amide bonds. The van der Waals surface area contributed by atoms with Crippen molar-refractivity contribution in [3.05, 3.63) is 47.5 Å². The zero-order chi connectivity index (χ0) is 23.0. The number of fused-ring (bicyclic) bond motifs is 7. The number of carbonyl (C=O) groups excluding carboxylic acids is 2. The number of rotatable bonds is 3. The Morgan fingerprint density at radius 3 is 2.61 bits per heavy atom. The first kappa shape index (κ1) is 21.7. The van der Waals surface area contributed by atoms with Crippen LogP contribution in [0.2, 0.25) is 0 Å². The standard InChI is InChI=1S/C29H36O4/c1-18(30)29-25(32-26(33-29)15-19-7-5-4-6-8-19)17-24-22-10-9-20-16-21(31)11-13-27(20,2)23(22)12-14-28(24,29)3/h4-8,16,22-26H,9-15,17H2,1-3H3. The van der Waals surface area contributed by atoms with Crippen LogP contribution < -0.4 is 0 Å². The van der Waals surface area contributed by atoms with Gasteiger partial charge in [-0.25, -0.2) is 0 Å². The molecule has 8 atom stereocenters. The van der Waals surface area contributed by atoms with E-state index < -0.39 is 5.60 Å². The molecule has 1 aromatic carbocycles. The molecule has 4 heteroatoms. The Labute approximate surface area is 197 Å². The van der Waals surface area contributed by atoms with Crippen LogP contribution in [0.1, 0.15) is 71.3 Å². The van der Waals surface area contributed by atoms with Gasteiger partial charge in [-0.3, -0.25) is 9.59 Å². The summed E-state index contributed by atoms with van der Waals surface area (Å²) in [6.45, 7) is 6.45. The van der Waals surface area contributed by atoms with E-state index in [1.807, 2.05) is 24.3 Å². The maximum atomic E-state index is 13.3. The number of ether oxygens (including phenoxy) is 2. The quantitative estimate of drug-likeness (QED) is 0.618. The van der Waals surface area contributed by atoms with Gasteiger partial charge in [0.25, 0.3) is 0 Å². The second-order valence-electron chi connectivity index (χ2n) is 11.8. The van der Waals surface area contributed by atoms with Gasteiger partial charge in [-0.15, -0.1) is 0 Å². The van der Waals surface area contributed by atoms with E-state index in [0.29, 0.717) is 36.4 Å². The van der Waals surface area contributed by atoms with Crippen LogP contribution in [0.15, 0.2) is 42.0 Å². The van der Waals surface area contributed by atoms with Crippen LogP contribution in [0, 0.1) is 28.6 Å². The van der Waals surface area contributed by atoms with E-state index in [4.69, 9.17) is 9.47 Å². The predicted octanol–water partition coefficient (Wildman–Crippen LogP) is 5.44. The van der Waals surface area contributed by atoms with Crippen LogP contribution >= 0.6 is 0 Å². The smallest absolute Gasteiger partial charge is 0.164 e. The van der Waals surface area contributed by atoms with Gasteiger partial charge in [0.15, 0.2) is 23.5 Å². The number of hydrogen-bond donors (Lipinski definition) is 0. The van der Waals surface area contributed by atoms with Crippen molar-refractivity contribution in [1.29, 1.82) is 0 Å². The van der Waals surface area contributed by atoms with Crippen molar-refractivity contribution in [2.24, 2.45) is 28.6 Å². The van der Waals surface area contributed by atoms with E-state index in [-0.39, 0.29) is 29.0 Å². The molecule has 4 aliphatic carbocycles. The number of allylic oxidation sites excluding steroid dienone is 1. The minimum Gasteiger partial charge on any atom is -0.346 e. The van der Waals surface area contributed by atoms with Crippen LogP contribution in [0.4, 0.5) is 0 Å². The molecule has 0 radical (unpaired) electrons. The number of benzene rings is 1. The Kier molecular flexibility index (Phi) is 4.85. The lowest BCUT2D eigenvalue weighted by Gasteiger charge is -2.59. The SMILES string of the molecule is CC(=O)C12OC(Cc3ccccc3)OC1CC1C3CCC4=CC(=O)CCC4(C)C3CCC12C. The Balaban J connectivity index is 1.31. The first-order valence-corrected chi connectivity index (χ1v) is 12.9. The third-order valence-electron chi connectivity index (χ3n) is 10.5. The molecule has 0 aromatic heterocycles. The minimum absolute atomic E-state index is 0.136. The summed E-state index contributed by atoms with van der Waals surface area (Å²) >= 11 is 0. The molecule has 0 bridgehead atoms. The number of hydrogen-bond acceptors (Lipinski definition) is 4. The molecule has 0 N–H and O–H groups in total. The highest BCUT2D eigenvalue weighted by Crippen LogP contribution is 2.70. The van der Waals surface area contributed by atoms with Gasteiger partial charge in [-0.2, -0.15) is 0 Å². The second kappa shape index (κ2) is 7.36. The molecule has 4 fully saturated rings. The second-order valence-corrected chi connectivity index (χ2v) is 11.8. The van der Waals surface area contributed by atoms with E-state index in [1.165, 1.54) is 11.1 Å². The number of Topliss-reactive ketones (excluding diaryl/α,β-unsaturated/α-hetero) is 1. The summed E-state index contributed by atoms with van der Waals surface area (Å²) in [4.78, 5) is 25.5. The van der Waals surface area contributed by atoms with Crippen molar-refractivity contribution in [1.82, 2.24) is 0 Å². The summed E-state index contributed by atoms with van der Waals surface area (Å²) in [5, 5.41) is 0. The molecule has 5 aliphatic rings. The van der Waals surface area contributed by atoms with Gasteiger partial charge in [0.2, 0.25) is 0 Å². The highest BCUT2D eigenvalue weighted by molar-refractivity contribution is 5.91. The Hall–Kier alpha value is -1.78. The molecular formula is C29H36O4. The third-order valence-corrected chi connectivity index (χ3v) is 10.5. The lowest BCUT2D eigenvalue weighted by Crippen LogP contribution is -2.59. The van der Waals surface area contributed by atoms with Gasteiger partial charge in [-0.1, -0.05) is 49.8 Å². The fourth-order valence-corrected chi connectivity index (χ4v) is 8.93. The highest BCUT2D eigenvalue weighted by Gasteiger charge is 2.73. The molecule has 0 spiro atoms. The van der Waals surface area contributed by atoms with E-state index in [1.54, 1.807) is 6.92 Å². The maximum absolute atomic E-state index is 13.3. The van der Waals surface area contributed by atoms with E-state index in [9.17, 15) is 9.59 Å². The van der Waals surface area contributed by atoms with Crippen molar-refractivity contribution in [3.8, 4) is 0 Å². The fourth-order valence-electron chi connectivity index (χ4n) is 8.93. The van der Waals surface area contributed by atoms with Gasteiger partial charge >= 0.3 is 0 Å². The van der Waals surface area contributed by atoms with Gasteiger partial charge in [0.1, 0.15) is 0 Å². The molecule has 4 nitrogen and oxygen atoms in total. The Morgan fingerprint density at radius 2 is 1.85 bits per heavy atom. The van der Waals surface area contributed by atoms with Crippen molar-refractivity contribution >= 4 is 11.6 Å². The minimum atomic E-state index is -0.832. The van der Waals surface area contributed by atoms with Crippen molar-refractivity contribution in [2.75, 3.05) is 0 Å². The van der Waals surface area contributed by atoms with Gasteiger partial charge in [0.05, 0.1) is 6.10 Å². The van der Waals surface area contributed by atoms with Crippen molar-refractivity contribution in [2.45, 2.75) is 90.1 Å². The topological polar surface area (TPSA) is 52.6 Å². The summed E-state index contributed by atoms with van der Waals surface area (Å²) in [5.41, 5.74) is 1.67. The highest BCUT2D eigenvalue weighted by atomic mass is 16.7. The molecule has 6 rings (SSSR count). The maximum Gasteiger partial charge on any atom is 0.164 e. The molecule has 1 heterocycles.